The first-order valence-corrected chi connectivity index (χ1v) is 13.8. The Morgan fingerprint density at radius 1 is 1.35 bits per heavy atom. The molecule has 0 fully saturated rings. The van der Waals surface area contributed by atoms with Crippen molar-refractivity contribution < 1.29 is 0 Å². The molecule has 4 aromatic heterocycles. The highest BCUT2D eigenvalue weighted by Crippen LogP contribution is 2.39. The van der Waals surface area contributed by atoms with Crippen molar-refractivity contribution in [2.45, 2.75) is 49.1 Å². The second kappa shape index (κ2) is 9.01. The number of aromatic amines is 1. The highest BCUT2D eigenvalue weighted by molar-refractivity contribution is 8.01. The van der Waals surface area contributed by atoms with Gasteiger partial charge in [-0.3, -0.25) is 4.79 Å². The molecule has 0 radical (unpaired) electrons. The molecule has 4 heterocycles. The summed E-state index contributed by atoms with van der Waals surface area (Å²) in [5, 5.41) is 15.6. The molecule has 0 aliphatic heterocycles. The van der Waals surface area contributed by atoms with E-state index in [-0.39, 0.29) is 10.8 Å². The molecule has 162 valence electrons. The van der Waals surface area contributed by atoms with Crippen molar-refractivity contribution in [2.75, 3.05) is 11.9 Å². The van der Waals surface area contributed by atoms with Crippen LogP contribution in [-0.2, 0) is 19.3 Å². The number of H-pyrrole nitrogens is 1. The molecular weight excluding hydrogens is 467 g/mol. The van der Waals surface area contributed by atoms with Crippen molar-refractivity contribution in [3.63, 3.8) is 0 Å². The van der Waals surface area contributed by atoms with Gasteiger partial charge in [-0.15, -0.1) is 32.9 Å². The van der Waals surface area contributed by atoms with E-state index >= 15 is 0 Å². The molecule has 6 nitrogen and oxygen atoms in total. The van der Waals surface area contributed by atoms with Gasteiger partial charge in [-0.25, -0.2) is 4.98 Å². The Bertz CT molecular complexity index is 1240. The number of nitrogens with one attached hydrogen (secondary N) is 2. The van der Waals surface area contributed by atoms with Crippen LogP contribution in [0.5, 0.6) is 0 Å². The molecule has 0 saturated carbocycles. The maximum Gasteiger partial charge on any atom is 0.259 e. The van der Waals surface area contributed by atoms with E-state index in [1.165, 1.54) is 26.7 Å². The molecule has 1 aliphatic carbocycles. The normalized spacial score (nSPS) is 17.0. The summed E-state index contributed by atoms with van der Waals surface area (Å²) in [7, 11) is 0. The lowest BCUT2D eigenvalue weighted by Gasteiger charge is -2.17. The van der Waals surface area contributed by atoms with Gasteiger partial charge in [-0.1, -0.05) is 36.1 Å². The summed E-state index contributed by atoms with van der Waals surface area (Å²) >= 11 is 6.58. The minimum Gasteiger partial charge on any atom is -0.360 e. The molecule has 4 aromatic rings. The van der Waals surface area contributed by atoms with E-state index in [0.29, 0.717) is 11.7 Å². The minimum absolute atomic E-state index is 0.00676. The Morgan fingerprint density at radius 3 is 3.10 bits per heavy atom. The number of anilines is 1. The van der Waals surface area contributed by atoms with Crippen LogP contribution in [0.3, 0.4) is 0 Å². The van der Waals surface area contributed by atoms with Crippen LogP contribution in [0.2, 0.25) is 0 Å². The third kappa shape index (κ3) is 4.57. The van der Waals surface area contributed by atoms with Crippen molar-refractivity contribution in [2.24, 2.45) is 5.92 Å². The van der Waals surface area contributed by atoms with Crippen LogP contribution >= 0.6 is 45.8 Å². The highest BCUT2D eigenvalue weighted by Gasteiger charge is 2.24. The van der Waals surface area contributed by atoms with Crippen molar-refractivity contribution >= 4 is 61.1 Å². The predicted octanol–water partition coefficient (Wildman–Crippen LogP) is 5.53. The third-order valence-electron chi connectivity index (χ3n) is 5.48. The van der Waals surface area contributed by atoms with Crippen LogP contribution in [0, 0.1) is 5.92 Å². The van der Waals surface area contributed by atoms with Crippen molar-refractivity contribution in [3.05, 3.63) is 49.0 Å². The predicted molar refractivity (Wildman–Crippen MR) is 132 cm³/mol. The van der Waals surface area contributed by atoms with E-state index in [4.69, 9.17) is 4.98 Å². The van der Waals surface area contributed by atoms with Gasteiger partial charge >= 0.3 is 0 Å². The smallest absolute Gasteiger partial charge is 0.259 e. The highest BCUT2D eigenvalue weighted by atomic mass is 32.2. The lowest BCUT2D eigenvalue weighted by molar-refractivity contribution is 0.509. The molecule has 0 aromatic carbocycles. The van der Waals surface area contributed by atoms with E-state index in [9.17, 15) is 4.79 Å². The van der Waals surface area contributed by atoms with E-state index < -0.39 is 0 Å². The van der Waals surface area contributed by atoms with Gasteiger partial charge in [-0.2, -0.15) is 0 Å². The number of thiophene rings is 2. The Kier molecular flexibility index (Phi) is 6.14. The summed E-state index contributed by atoms with van der Waals surface area (Å²) in [6.45, 7) is 5.17. The molecule has 2 atom stereocenters. The maximum atomic E-state index is 12.9. The maximum absolute atomic E-state index is 12.9. The zero-order chi connectivity index (χ0) is 21.4. The second-order valence-electron chi connectivity index (χ2n) is 7.87. The fourth-order valence-electron chi connectivity index (χ4n) is 3.84. The number of thioether (sulfide) groups is 1. The summed E-state index contributed by atoms with van der Waals surface area (Å²) in [5.41, 5.74) is 1.22. The van der Waals surface area contributed by atoms with Crippen LogP contribution < -0.4 is 10.9 Å². The van der Waals surface area contributed by atoms with Crippen molar-refractivity contribution in [1.29, 1.82) is 0 Å². The molecule has 0 bridgehead atoms. The average molecular weight is 490 g/mol. The second-order valence-corrected chi connectivity index (χ2v) is 12.6. The molecule has 10 heteroatoms. The average Bonchev–Trinajstić information content (AvgIpc) is 3.47. The molecule has 0 amide bonds. The molecule has 1 aliphatic rings. The first-order valence-electron chi connectivity index (χ1n) is 10.4. The first kappa shape index (κ1) is 21.1. The summed E-state index contributed by atoms with van der Waals surface area (Å²) < 4.78 is 0.869. The Morgan fingerprint density at radius 2 is 2.26 bits per heavy atom. The first-order chi connectivity index (χ1) is 15.1. The summed E-state index contributed by atoms with van der Waals surface area (Å²) in [6, 6.07) is 4.22. The third-order valence-corrected chi connectivity index (χ3v) is 9.64. The van der Waals surface area contributed by atoms with E-state index in [2.05, 4.69) is 51.9 Å². The van der Waals surface area contributed by atoms with Crippen LogP contribution in [-0.4, -0.2) is 26.7 Å². The van der Waals surface area contributed by atoms with Gasteiger partial charge in [0.15, 0.2) is 4.34 Å². The van der Waals surface area contributed by atoms with Gasteiger partial charge in [0.25, 0.3) is 5.56 Å². The van der Waals surface area contributed by atoms with Gasteiger partial charge in [0, 0.05) is 16.3 Å². The summed E-state index contributed by atoms with van der Waals surface area (Å²) in [6.07, 6.45) is 4.17. The van der Waals surface area contributed by atoms with Crippen molar-refractivity contribution in [1.82, 2.24) is 20.2 Å². The molecule has 0 unspecified atom stereocenters. The van der Waals surface area contributed by atoms with E-state index in [1.54, 1.807) is 34.4 Å². The number of rotatable bonds is 7. The number of aryl methyl sites for hydroxylation is 1. The van der Waals surface area contributed by atoms with Gasteiger partial charge in [0.05, 0.1) is 10.6 Å². The van der Waals surface area contributed by atoms with Crippen LogP contribution in [0.15, 0.2) is 26.6 Å². The van der Waals surface area contributed by atoms with Gasteiger partial charge in [-0.05, 0) is 55.5 Å². The lowest BCUT2D eigenvalue weighted by atomic mass is 9.89. The van der Waals surface area contributed by atoms with Gasteiger partial charge < -0.3 is 10.3 Å². The van der Waals surface area contributed by atoms with Crippen LogP contribution in [0.25, 0.3) is 10.2 Å². The number of aromatic nitrogens is 4. The molecule has 5 rings (SSSR count). The Hall–Kier alpha value is -1.75. The largest absolute Gasteiger partial charge is 0.360 e. The number of hydrogen-bond acceptors (Lipinski definition) is 9. The zero-order valence-corrected chi connectivity index (χ0v) is 20.6. The van der Waals surface area contributed by atoms with E-state index in [0.717, 1.165) is 51.9 Å². The SMILES string of the molecule is C[C@H]1CCc2c(sc3nc([C@H](C)Sc4nnc(NCCc5cccs5)s4)[nH]c(=O)c23)C1. The topological polar surface area (TPSA) is 83.6 Å². The molecule has 31 heavy (non-hydrogen) atoms. The Balaban J connectivity index is 1.27. The van der Waals surface area contributed by atoms with Gasteiger partial charge in [0.2, 0.25) is 5.13 Å². The van der Waals surface area contributed by atoms with Gasteiger partial charge in [0.1, 0.15) is 10.7 Å². The molecular formula is C21H23N5OS4. The van der Waals surface area contributed by atoms with E-state index in [1.807, 2.05) is 0 Å². The van der Waals surface area contributed by atoms with Crippen molar-refractivity contribution in [3.8, 4) is 0 Å². The quantitative estimate of drug-likeness (QED) is 0.332. The monoisotopic (exact) mass is 489 g/mol. The molecule has 0 saturated heterocycles. The fraction of sp³-hybridized carbons (Fsp3) is 0.429. The summed E-state index contributed by atoms with van der Waals surface area (Å²) in [5.74, 6) is 1.38. The van der Waals surface area contributed by atoms with Crippen LogP contribution in [0.1, 0.15) is 46.7 Å². The van der Waals surface area contributed by atoms with Crippen LogP contribution in [0.4, 0.5) is 5.13 Å². The number of nitrogens with zero attached hydrogens (tertiary/aromatic N) is 3. The molecule has 0 spiro atoms. The fourth-order valence-corrected chi connectivity index (χ4v) is 7.92. The Labute approximate surface area is 196 Å². The number of hydrogen-bond donors (Lipinski definition) is 2. The minimum atomic E-state index is -0.0120. The standard InChI is InChI=1S/C21H23N5OS4/c1-11-5-6-14-15(10-11)30-19-16(14)18(27)23-17(24-19)12(2)29-21-26-25-20(31-21)22-8-7-13-4-3-9-28-13/h3-4,9,11-12H,5-8,10H2,1-2H3,(H,22,25)(H,23,24,27)/t11-,12-/m0/s1. The number of fused-ring (bicyclic) bond motifs is 3. The molecule has 2 N–H and O–H groups in total. The zero-order valence-electron chi connectivity index (χ0n) is 17.3. The summed E-state index contributed by atoms with van der Waals surface area (Å²) in [4.78, 5) is 24.3. The lowest BCUT2D eigenvalue weighted by Crippen LogP contribution is -2.15.